The Labute approximate surface area is 240 Å². The second-order valence-electron chi connectivity index (χ2n) is 9.10. The molecule has 3 aromatic rings. The van der Waals surface area contributed by atoms with Crippen LogP contribution in [0.5, 0.6) is 0 Å². The number of hydrogen-bond acceptors (Lipinski definition) is 4. The number of aryl methyl sites for hydroxylation is 1. The number of anilines is 1. The molecule has 3 rings (SSSR count). The maximum atomic E-state index is 14.0. The van der Waals surface area contributed by atoms with E-state index in [1.54, 1.807) is 67.6 Å². The minimum atomic E-state index is -4.11. The Balaban J connectivity index is 2.06. The lowest BCUT2D eigenvalue weighted by molar-refractivity contribution is -0.140. The average molecular weight is 591 g/mol. The van der Waals surface area contributed by atoms with Gasteiger partial charge in [0.05, 0.1) is 20.6 Å². The fourth-order valence-electron chi connectivity index (χ4n) is 4.20. The number of nitrogens with zero attached hydrogens (tertiary/aromatic N) is 2. The van der Waals surface area contributed by atoms with Gasteiger partial charge in [-0.25, -0.2) is 8.42 Å². The summed E-state index contributed by atoms with van der Waals surface area (Å²) in [4.78, 5) is 28.6. The van der Waals surface area contributed by atoms with E-state index in [4.69, 9.17) is 23.2 Å². The fraction of sp³-hybridized carbons (Fsp3) is 0.310. The maximum Gasteiger partial charge on any atom is 0.264 e. The lowest BCUT2D eigenvalue weighted by Gasteiger charge is -2.33. The average Bonchev–Trinajstić information content (AvgIpc) is 2.93. The van der Waals surface area contributed by atoms with E-state index in [1.165, 1.54) is 17.0 Å². The van der Waals surface area contributed by atoms with Crippen LogP contribution >= 0.6 is 23.2 Å². The Morgan fingerprint density at radius 3 is 2.21 bits per heavy atom. The van der Waals surface area contributed by atoms with Gasteiger partial charge >= 0.3 is 0 Å². The molecule has 3 aromatic carbocycles. The zero-order valence-electron chi connectivity index (χ0n) is 22.2. The van der Waals surface area contributed by atoms with Crippen molar-refractivity contribution < 1.29 is 18.0 Å². The van der Waals surface area contributed by atoms with Gasteiger partial charge in [0.15, 0.2) is 0 Å². The molecule has 0 aliphatic rings. The van der Waals surface area contributed by atoms with Gasteiger partial charge in [-0.15, -0.1) is 0 Å². The Morgan fingerprint density at radius 2 is 1.59 bits per heavy atom. The quantitative estimate of drug-likeness (QED) is 0.288. The first-order valence-electron chi connectivity index (χ1n) is 12.7. The molecule has 1 unspecified atom stereocenters. The standard InChI is InChI=1S/C29H33Cl2N3O4S/c1-4-17-32-29(36)26(5-2)33(19-22-15-16-24(30)25(31)18-22)28(35)20-34(27-14-10-9-11-21(27)3)39(37,38)23-12-7-6-8-13-23/h6-16,18,26H,4-5,17,19-20H2,1-3H3,(H,32,36). The molecule has 0 saturated carbocycles. The molecule has 208 valence electrons. The molecule has 0 aliphatic carbocycles. The van der Waals surface area contributed by atoms with E-state index < -0.39 is 28.5 Å². The van der Waals surface area contributed by atoms with E-state index in [0.29, 0.717) is 39.8 Å². The molecule has 0 bridgehead atoms. The molecule has 0 saturated heterocycles. The zero-order chi connectivity index (χ0) is 28.6. The van der Waals surface area contributed by atoms with Crippen LogP contribution < -0.4 is 9.62 Å². The van der Waals surface area contributed by atoms with Crippen molar-refractivity contribution in [2.75, 3.05) is 17.4 Å². The molecule has 0 aromatic heterocycles. The molecule has 10 heteroatoms. The number of amides is 2. The van der Waals surface area contributed by atoms with Gasteiger partial charge in [0.2, 0.25) is 11.8 Å². The van der Waals surface area contributed by atoms with E-state index in [-0.39, 0.29) is 17.3 Å². The number of benzene rings is 3. The van der Waals surface area contributed by atoms with Gasteiger partial charge in [0, 0.05) is 13.1 Å². The van der Waals surface area contributed by atoms with E-state index in [9.17, 15) is 18.0 Å². The number of carbonyl (C=O) groups is 2. The summed E-state index contributed by atoms with van der Waals surface area (Å²) in [7, 11) is -4.11. The van der Waals surface area contributed by atoms with Crippen LogP contribution in [0.4, 0.5) is 5.69 Å². The molecule has 0 radical (unpaired) electrons. The third-order valence-corrected chi connectivity index (χ3v) is 8.78. The molecule has 0 fully saturated rings. The summed E-state index contributed by atoms with van der Waals surface area (Å²) in [5.41, 5.74) is 1.73. The van der Waals surface area contributed by atoms with Gasteiger partial charge in [0.1, 0.15) is 12.6 Å². The number of nitrogens with one attached hydrogen (secondary N) is 1. The first-order valence-corrected chi connectivity index (χ1v) is 14.9. The number of hydrogen-bond donors (Lipinski definition) is 1. The minimum Gasteiger partial charge on any atom is -0.354 e. The second-order valence-corrected chi connectivity index (χ2v) is 11.8. The predicted octanol–water partition coefficient (Wildman–Crippen LogP) is 5.83. The fourth-order valence-corrected chi connectivity index (χ4v) is 6.02. The lowest BCUT2D eigenvalue weighted by atomic mass is 10.1. The third-order valence-electron chi connectivity index (χ3n) is 6.27. The summed E-state index contributed by atoms with van der Waals surface area (Å²) >= 11 is 12.3. The van der Waals surface area contributed by atoms with Crippen LogP contribution in [0.2, 0.25) is 10.0 Å². The number of carbonyl (C=O) groups excluding carboxylic acids is 2. The molecule has 0 heterocycles. The monoisotopic (exact) mass is 589 g/mol. The van der Waals surface area contributed by atoms with Crippen molar-refractivity contribution in [3.63, 3.8) is 0 Å². The molecule has 39 heavy (non-hydrogen) atoms. The summed E-state index contributed by atoms with van der Waals surface area (Å²) in [5.74, 6) is -0.830. The SMILES string of the molecule is CCCNC(=O)C(CC)N(Cc1ccc(Cl)c(Cl)c1)C(=O)CN(c1ccccc1C)S(=O)(=O)c1ccccc1. The Morgan fingerprint density at radius 1 is 0.923 bits per heavy atom. The highest BCUT2D eigenvalue weighted by Gasteiger charge is 2.34. The van der Waals surface area contributed by atoms with E-state index in [2.05, 4.69) is 5.32 Å². The largest absolute Gasteiger partial charge is 0.354 e. The third kappa shape index (κ3) is 7.53. The van der Waals surface area contributed by atoms with Crippen molar-refractivity contribution in [2.45, 2.75) is 51.1 Å². The van der Waals surface area contributed by atoms with Crippen LogP contribution in [-0.4, -0.2) is 44.3 Å². The molecular weight excluding hydrogens is 557 g/mol. The molecule has 7 nitrogen and oxygen atoms in total. The normalized spacial score (nSPS) is 12.0. The molecule has 1 atom stereocenters. The number of sulfonamides is 1. The van der Waals surface area contributed by atoms with Crippen molar-refractivity contribution in [2.24, 2.45) is 0 Å². The van der Waals surface area contributed by atoms with Crippen molar-refractivity contribution in [3.05, 3.63) is 94.0 Å². The summed E-state index contributed by atoms with van der Waals surface area (Å²) in [6, 6.07) is 19.1. The Bertz CT molecular complexity index is 1400. The highest BCUT2D eigenvalue weighted by molar-refractivity contribution is 7.92. The van der Waals surface area contributed by atoms with Gasteiger partial charge in [-0.3, -0.25) is 13.9 Å². The van der Waals surface area contributed by atoms with Crippen LogP contribution in [-0.2, 0) is 26.2 Å². The molecule has 1 N–H and O–H groups in total. The zero-order valence-corrected chi connectivity index (χ0v) is 24.6. The number of para-hydroxylation sites is 1. The minimum absolute atomic E-state index is 0.0424. The summed E-state index contributed by atoms with van der Waals surface area (Å²) < 4.78 is 28.8. The summed E-state index contributed by atoms with van der Waals surface area (Å²) in [6.07, 6.45) is 1.07. The van der Waals surface area contributed by atoms with Crippen LogP contribution in [0.1, 0.15) is 37.8 Å². The second kappa shape index (κ2) is 13.8. The van der Waals surface area contributed by atoms with Crippen LogP contribution in [0.15, 0.2) is 77.7 Å². The smallest absolute Gasteiger partial charge is 0.264 e. The first-order chi connectivity index (χ1) is 18.6. The lowest BCUT2D eigenvalue weighted by Crippen LogP contribution is -2.52. The number of halogens is 2. The van der Waals surface area contributed by atoms with Gasteiger partial charge < -0.3 is 10.2 Å². The number of rotatable bonds is 12. The first kappa shape index (κ1) is 30.5. The van der Waals surface area contributed by atoms with Crippen molar-refractivity contribution >= 4 is 50.7 Å². The molecular formula is C29H33Cl2N3O4S. The van der Waals surface area contributed by atoms with Gasteiger partial charge in [-0.2, -0.15) is 0 Å². The van der Waals surface area contributed by atoms with Crippen LogP contribution in [0.25, 0.3) is 0 Å². The highest BCUT2D eigenvalue weighted by atomic mass is 35.5. The Kier molecular flexibility index (Phi) is 10.8. The maximum absolute atomic E-state index is 14.0. The van der Waals surface area contributed by atoms with Gasteiger partial charge in [-0.05, 0) is 61.2 Å². The molecule has 0 aliphatic heterocycles. The summed E-state index contributed by atoms with van der Waals surface area (Å²) in [6.45, 7) is 5.54. The molecule has 0 spiro atoms. The highest BCUT2D eigenvalue weighted by Crippen LogP contribution is 2.28. The van der Waals surface area contributed by atoms with Crippen molar-refractivity contribution in [1.82, 2.24) is 10.2 Å². The van der Waals surface area contributed by atoms with Crippen molar-refractivity contribution in [1.29, 1.82) is 0 Å². The van der Waals surface area contributed by atoms with Crippen LogP contribution in [0, 0.1) is 6.92 Å². The van der Waals surface area contributed by atoms with E-state index in [1.807, 2.05) is 13.8 Å². The molecule has 2 amide bonds. The Hall–Kier alpha value is -3.07. The van der Waals surface area contributed by atoms with E-state index in [0.717, 1.165) is 10.7 Å². The van der Waals surface area contributed by atoms with Crippen LogP contribution in [0.3, 0.4) is 0 Å². The van der Waals surface area contributed by atoms with Gasteiger partial charge in [0.25, 0.3) is 10.0 Å². The summed E-state index contributed by atoms with van der Waals surface area (Å²) in [5, 5.41) is 3.55. The van der Waals surface area contributed by atoms with Crippen molar-refractivity contribution in [3.8, 4) is 0 Å². The van der Waals surface area contributed by atoms with E-state index >= 15 is 0 Å². The predicted molar refractivity (Wildman–Crippen MR) is 157 cm³/mol. The topological polar surface area (TPSA) is 86.8 Å². The van der Waals surface area contributed by atoms with Gasteiger partial charge in [-0.1, -0.05) is 79.5 Å².